The van der Waals surface area contributed by atoms with Gasteiger partial charge in [-0.2, -0.15) is 0 Å². The number of sulfonamides is 1. The van der Waals surface area contributed by atoms with Gasteiger partial charge in [0.15, 0.2) is 0 Å². The van der Waals surface area contributed by atoms with Gasteiger partial charge in [0.2, 0.25) is 0 Å². The minimum Gasteiger partial charge on any atom is -0.497 e. The number of ether oxygens (including phenoxy) is 2. The summed E-state index contributed by atoms with van der Waals surface area (Å²) in [5.74, 6) is 1.42. The molecule has 9 nitrogen and oxygen atoms in total. The van der Waals surface area contributed by atoms with E-state index in [1.165, 1.54) is 38.2 Å². The van der Waals surface area contributed by atoms with Crippen LogP contribution in [0.1, 0.15) is 37.0 Å². The number of nitrogens with zero attached hydrogens (tertiary/aromatic N) is 2. The first-order chi connectivity index (χ1) is 17.6. The van der Waals surface area contributed by atoms with Crippen molar-refractivity contribution < 1.29 is 27.8 Å². The molecule has 1 aliphatic heterocycles. The van der Waals surface area contributed by atoms with E-state index in [-0.39, 0.29) is 40.7 Å². The second-order valence-corrected chi connectivity index (χ2v) is 12.0. The molecule has 0 spiro atoms. The highest BCUT2D eigenvalue weighted by Gasteiger charge is 2.34. The van der Waals surface area contributed by atoms with E-state index in [0.717, 1.165) is 12.5 Å². The molecule has 3 atom stereocenters. The minimum absolute atomic E-state index is 0.0287. The van der Waals surface area contributed by atoms with Crippen LogP contribution in [0.2, 0.25) is 0 Å². The molecule has 2 aliphatic rings. The third-order valence-electron chi connectivity index (χ3n) is 7.05. The van der Waals surface area contributed by atoms with Crippen LogP contribution in [0.25, 0.3) is 0 Å². The molecule has 202 valence electrons. The normalized spacial score (nSPS) is 21.0. The molecule has 2 aromatic rings. The summed E-state index contributed by atoms with van der Waals surface area (Å²) in [6.07, 6.45) is 2.35. The number of benzene rings is 2. The highest BCUT2D eigenvalue weighted by molar-refractivity contribution is 7.92. The summed E-state index contributed by atoms with van der Waals surface area (Å²) in [6.45, 7) is 5.83. The van der Waals surface area contributed by atoms with Crippen molar-refractivity contribution in [2.24, 2.45) is 11.8 Å². The van der Waals surface area contributed by atoms with Gasteiger partial charge in [-0.3, -0.25) is 9.52 Å². The van der Waals surface area contributed by atoms with Crippen molar-refractivity contribution in [1.82, 2.24) is 9.80 Å². The zero-order chi connectivity index (χ0) is 26.7. The molecule has 37 heavy (non-hydrogen) atoms. The van der Waals surface area contributed by atoms with Gasteiger partial charge in [0.05, 0.1) is 30.2 Å². The van der Waals surface area contributed by atoms with E-state index in [1.54, 1.807) is 36.1 Å². The summed E-state index contributed by atoms with van der Waals surface area (Å²) < 4.78 is 40.0. The predicted molar refractivity (Wildman–Crippen MR) is 142 cm³/mol. The number of carbonyl (C=O) groups is 1. The van der Waals surface area contributed by atoms with E-state index in [4.69, 9.17) is 9.47 Å². The third-order valence-corrected chi connectivity index (χ3v) is 8.44. The lowest BCUT2D eigenvalue weighted by Gasteiger charge is -2.38. The van der Waals surface area contributed by atoms with Gasteiger partial charge in [-0.1, -0.05) is 6.92 Å². The number of amides is 1. The molecule has 2 aromatic carbocycles. The Kier molecular flexibility index (Phi) is 8.30. The maximum atomic E-state index is 13.6. The van der Waals surface area contributed by atoms with Crippen molar-refractivity contribution >= 4 is 21.6 Å². The van der Waals surface area contributed by atoms with Crippen molar-refractivity contribution in [2.45, 2.75) is 43.7 Å². The molecule has 4 rings (SSSR count). The minimum atomic E-state index is -3.89. The number of anilines is 1. The van der Waals surface area contributed by atoms with Crippen LogP contribution < -0.4 is 14.2 Å². The summed E-state index contributed by atoms with van der Waals surface area (Å²) >= 11 is 0. The number of aliphatic hydroxyl groups excluding tert-OH is 1. The van der Waals surface area contributed by atoms with Crippen LogP contribution in [0.15, 0.2) is 47.4 Å². The van der Waals surface area contributed by atoms with Gasteiger partial charge in [-0.05, 0) is 75.2 Å². The molecule has 1 fully saturated rings. The summed E-state index contributed by atoms with van der Waals surface area (Å²) in [7, 11) is -0.294. The van der Waals surface area contributed by atoms with Gasteiger partial charge >= 0.3 is 0 Å². The molecule has 0 radical (unpaired) electrons. The number of rotatable bonds is 10. The molecule has 1 aliphatic carbocycles. The number of hydrogen-bond donors (Lipinski definition) is 2. The summed E-state index contributed by atoms with van der Waals surface area (Å²) in [4.78, 5) is 17.6. The molecule has 0 saturated heterocycles. The Labute approximate surface area is 219 Å². The molecule has 0 bridgehead atoms. The molecule has 1 heterocycles. The fourth-order valence-corrected chi connectivity index (χ4v) is 5.65. The number of likely N-dealkylation sites (N-methyl/N-ethyl adjacent to an activating group) is 1. The predicted octanol–water partition coefficient (Wildman–Crippen LogP) is 3.06. The summed E-state index contributed by atoms with van der Waals surface area (Å²) in [5, 5.41) is 9.86. The maximum absolute atomic E-state index is 13.6. The van der Waals surface area contributed by atoms with Gasteiger partial charge in [0, 0.05) is 31.2 Å². The zero-order valence-electron chi connectivity index (χ0n) is 21.9. The lowest BCUT2D eigenvalue weighted by Crippen LogP contribution is -2.50. The second-order valence-electron chi connectivity index (χ2n) is 10.3. The van der Waals surface area contributed by atoms with Crippen LogP contribution in [0.3, 0.4) is 0 Å². The number of methoxy groups -OCH3 is 1. The Morgan fingerprint density at radius 1 is 1.19 bits per heavy atom. The largest absolute Gasteiger partial charge is 0.497 e. The smallest absolute Gasteiger partial charge is 0.261 e. The standard InChI is InChI=1S/C27H37N3O6S/c1-18-14-30(19(2)17-31)27(32)24-13-21(28-37(33,34)23-10-8-22(35-4)9-11-23)7-12-25(24)36-26(18)16-29(3)15-20-5-6-20/h7-13,18-20,26,28,31H,5-6,14-17H2,1-4H3/t18-,19-,26-/m0/s1. The average molecular weight is 532 g/mol. The van der Waals surface area contributed by atoms with Crippen molar-refractivity contribution in [3.63, 3.8) is 0 Å². The monoisotopic (exact) mass is 531 g/mol. The van der Waals surface area contributed by atoms with Gasteiger partial charge in [-0.15, -0.1) is 0 Å². The number of aliphatic hydroxyl groups is 1. The fourth-order valence-electron chi connectivity index (χ4n) is 4.60. The van der Waals surface area contributed by atoms with E-state index in [0.29, 0.717) is 24.6 Å². The lowest BCUT2D eigenvalue weighted by atomic mass is 9.99. The number of fused-ring (bicyclic) bond motifs is 1. The summed E-state index contributed by atoms with van der Waals surface area (Å²) in [6, 6.07) is 10.4. The lowest BCUT2D eigenvalue weighted by molar-refractivity contribution is 0.0344. The Bertz CT molecular complexity index is 1200. The molecule has 10 heteroatoms. The Hall–Kier alpha value is -2.82. The molecule has 0 unspecified atom stereocenters. The quantitative estimate of drug-likeness (QED) is 0.485. The van der Waals surface area contributed by atoms with E-state index in [9.17, 15) is 18.3 Å². The molecule has 1 saturated carbocycles. The van der Waals surface area contributed by atoms with E-state index >= 15 is 0 Å². The molecule has 2 N–H and O–H groups in total. The number of nitrogens with one attached hydrogen (secondary N) is 1. The maximum Gasteiger partial charge on any atom is 0.261 e. The number of carbonyl (C=O) groups excluding carboxylic acids is 1. The Balaban J connectivity index is 1.63. The van der Waals surface area contributed by atoms with Crippen LogP contribution in [0, 0.1) is 11.8 Å². The number of hydrogen-bond acceptors (Lipinski definition) is 7. The van der Waals surface area contributed by atoms with Crippen LogP contribution in [-0.4, -0.2) is 81.8 Å². The first-order valence-corrected chi connectivity index (χ1v) is 14.2. The average Bonchev–Trinajstić information content (AvgIpc) is 3.69. The van der Waals surface area contributed by atoms with Crippen molar-refractivity contribution in [2.75, 3.05) is 45.1 Å². The van der Waals surface area contributed by atoms with E-state index in [1.807, 2.05) is 0 Å². The van der Waals surface area contributed by atoms with Crippen molar-refractivity contribution in [1.29, 1.82) is 0 Å². The molecule has 0 aromatic heterocycles. The second kappa shape index (κ2) is 11.3. The van der Waals surface area contributed by atoms with Gasteiger partial charge < -0.3 is 24.4 Å². The van der Waals surface area contributed by atoms with E-state index in [2.05, 4.69) is 23.6 Å². The van der Waals surface area contributed by atoms with Crippen LogP contribution in [-0.2, 0) is 10.0 Å². The highest BCUT2D eigenvalue weighted by Crippen LogP contribution is 2.33. The van der Waals surface area contributed by atoms with Crippen molar-refractivity contribution in [3.05, 3.63) is 48.0 Å². The van der Waals surface area contributed by atoms with Gasteiger partial charge in [-0.25, -0.2) is 8.42 Å². The first kappa shape index (κ1) is 27.2. The van der Waals surface area contributed by atoms with Crippen LogP contribution >= 0.6 is 0 Å². The Morgan fingerprint density at radius 3 is 2.51 bits per heavy atom. The van der Waals surface area contributed by atoms with Crippen LogP contribution in [0.5, 0.6) is 11.5 Å². The first-order valence-electron chi connectivity index (χ1n) is 12.7. The van der Waals surface area contributed by atoms with Crippen molar-refractivity contribution in [3.8, 4) is 11.5 Å². The molecular formula is C27H37N3O6S. The molecular weight excluding hydrogens is 494 g/mol. The third kappa shape index (κ3) is 6.55. The fraction of sp³-hybridized carbons (Fsp3) is 0.519. The molecule has 1 amide bonds. The zero-order valence-corrected chi connectivity index (χ0v) is 22.7. The summed E-state index contributed by atoms with van der Waals surface area (Å²) in [5.41, 5.74) is 0.510. The van der Waals surface area contributed by atoms with Gasteiger partial charge in [0.1, 0.15) is 17.6 Å². The highest BCUT2D eigenvalue weighted by atomic mass is 32.2. The van der Waals surface area contributed by atoms with Crippen LogP contribution in [0.4, 0.5) is 5.69 Å². The van der Waals surface area contributed by atoms with E-state index < -0.39 is 16.1 Å². The SMILES string of the molecule is COc1ccc(S(=O)(=O)Nc2ccc3c(c2)C(=O)N([C@@H](C)CO)C[C@H](C)[C@H](CN(C)CC2CC2)O3)cc1. The van der Waals surface area contributed by atoms with Gasteiger partial charge in [0.25, 0.3) is 15.9 Å². The Morgan fingerprint density at radius 2 is 1.89 bits per heavy atom. The topological polar surface area (TPSA) is 108 Å².